The van der Waals surface area contributed by atoms with E-state index >= 15 is 0 Å². The van der Waals surface area contributed by atoms with Crippen LogP contribution in [0.4, 0.5) is 18.9 Å². The van der Waals surface area contributed by atoms with E-state index in [1.165, 1.54) is 5.56 Å². The molecule has 2 N–H and O–H groups in total. The number of amides is 1. The summed E-state index contributed by atoms with van der Waals surface area (Å²) in [5, 5.41) is 11.3. The molecule has 5 aromatic rings. The first-order valence-corrected chi connectivity index (χ1v) is 12.5. The molecule has 5 rings (SSSR count). The highest BCUT2D eigenvalue weighted by molar-refractivity contribution is 5.96. The molecule has 41 heavy (non-hydrogen) atoms. The number of halogens is 3. The predicted molar refractivity (Wildman–Crippen MR) is 149 cm³/mol. The summed E-state index contributed by atoms with van der Waals surface area (Å²) in [4.78, 5) is 25.9. The number of pyridine rings is 1. The number of aromatic nitrogens is 2. The molecular weight excluding hydrogens is 535 g/mol. The van der Waals surface area contributed by atoms with Gasteiger partial charge in [0.15, 0.2) is 0 Å². The summed E-state index contributed by atoms with van der Waals surface area (Å²) in [6.07, 6.45) is 0.684. The molecule has 0 unspecified atom stereocenters. The average molecular weight is 562 g/mol. The summed E-state index contributed by atoms with van der Waals surface area (Å²) in [6, 6.07) is 27.9. The lowest BCUT2D eigenvalue weighted by Crippen LogP contribution is -2.21. The molecule has 2 aromatic heterocycles. The summed E-state index contributed by atoms with van der Waals surface area (Å²) in [7, 11) is 0. The number of rotatable bonds is 7. The van der Waals surface area contributed by atoms with Gasteiger partial charge in [-0.2, -0.15) is 13.2 Å². The lowest BCUT2D eigenvalue weighted by Gasteiger charge is -2.11. The van der Waals surface area contributed by atoms with E-state index in [9.17, 15) is 18.0 Å². The molecule has 0 fully saturated rings. The van der Waals surface area contributed by atoms with E-state index in [1.807, 2.05) is 67.6 Å². The minimum atomic E-state index is -5.08. The van der Waals surface area contributed by atoms with Crippen LogP contribution in [-0.4, -0.2) is 32.7 Å². The zero-order valence-electron chi connectivity index (χ0n) is 21.9. The van der Waals surface area contributed by atoms with Crippen LogP contribution >= 0.6 is 0 Å². The van der Waals surface area contributed by atoms with Gasteiger partial charge in [-0.15, -0.1) is 0 Å². The molecule has 0 radical (unpaired) electrons. The number of aryl methyl sites for hydroxylation is 1. The van der Waals surface area contributed by atoms with E-state index in [2.05, 4.69) is 45.3 Å². The molecule has 3 aromatic carbocycles. The Bertz CT molecular complexity index is 1640. The quantitative estimate of drug-likeness (QED) is 0.223. The van der Waals surface area contributed by atoms with Crippen LogP contribution in [0.5, 0.6) is 11.5 Å². The molecule has 7 nitrogen and oxygen atoms in total. The van der Waals surface area contributed by atoms with E-state index in [0.29, 0.717) is 12.2 Å². The maximum absolute atomic E-state index is 12.9. The van der Waals surface area contributed by atoms with E-state index in [-0.39, 0.29) is 5.91 Å². The van der Waals surface area contributed by atoms with Crippen LogP contribution in [0, 0.1) is 6.92 Å². The van der Waals surface area contributed by atoms with Crippen molar-refractivity contribution in [1.82, 2.24) is 9.55 Å². The fourth-order valence-electron chi connectivity index (χ4n) is 4.13. The number of carboxylic acid groups (broad SMARTS) is 1. The maximum Gasteiger partial charge on any atom is 0.490 e. The minimum Gasteiger partial charge on any atom is -0.475 e. The van der Waals surface area contributed by atoms with Crippen LogP contribution in [-0.2, 0) is 22.6 Å². The number of fused-ring (bicyclic) bond motifs is 1. The van der Waals surface area contributed by atoms with Crippen molar-refractivity contribution in [2.24, 2.45) is 0 Å². The molecular formula is C31H26F3N3O4. The highest BCUT2D eigenvalue weighted by Gasteiger charge is 2.38. The lowest BCUT2D eigenvalue weighted by molar-refractivity contribution is -0.192. The van der Waals surface area contributed by atoms with Crippen LogP contribution in [0.2, 0.25) is 0 Å². The van der Waals surface area contributed by atoms with Crippen molar-refractivity contribution < 1.29 is 32.6 Å². The monoisotopic (exact) mass is 561 g/mol. The molecule has 0 bridgehead atoms. The Balaban J connectivity index is 0.000000493. The first-order chi connectivity index (χ1) is 19.6. The minimum absolute atomic E-state index is 0.0528. The smallest absolute Gasteiger partial charge is 0.475 e. The Morgan fingerprint density at radius 2 is 1.68 bits per heavy atom. The number of carbonyl (C=O) groups excluding carboxylic acids is 1. The number of para-hydroxylation sites is 1. The van der Waals surface area contributed by atoms with E-state index in [1.54, 1.807) is 12.4 Å². The van der Waals surface area contributed by atoms with Crippen LogP contribution in [0.25, 0.3) is 10.9 Å². The second-order valence-electron chi connectivity index (χ2n) is 9.08. The molecule has 2 heterocycles. The van der Waals surface area contributed by atoms with Crippen LogP contribution in [0.15, 0.2) is 104 Å². The molecule has 0 aliphatic heterocycles. The number of carbonyl (C=O) groups is 2. The summed E-state index contributed by atoms with van der Waals surface area (Å²) in [6.45, 7) is 2.72. The highest BCUT2D eigenvalue weighted by Crippen LogP contribution is 2.27. The summed E-state index contributed by atoms with van der Waals surface area (Å²) >= 11 is 0. The maximum atomic E-state index is 12.9. The number of hydrogen-bond donors (Lipinski definition) is 2. The van der Waals surface area contributed by atoms with Crippen molar-refractivity contribution in [2.75, 3.05) is 5.32 Å². The van der Waals surface area contributed by atoms with Crippen molar-refractivity contribution in [2.45, 2.75) is 26.1 Å². The van der Waals surface area contributed by atoms with Gasteiger partial charge >= 0.3 is 12.1 Å². The van der Waals surface area contributed by atoms with Gasteiger partial charge in [-0.3, -0.25) is 9.78 Å². The topological polar surface area (TPSA) is 93.5 Å². The molecule has 0 aliphatic carbocycles. The van der Waals surface area contributed by atoms with Gasteiger partial charge in [0.25, 0.3) is 0 Å². The molecule has 0 spiro atoms. The van der Waals surface area contributed by atoms with E-state index in [0.717, 1.165) is 40.0 Å². The molecule has 0 saturated heterocycles. The van der Waals surface area contributed by atoms with Gasteiger partial charge in [-0.1, -0.05) is 48.5 Å². The zero-order valence-corrected chi connectivity index (χ0v) is 21.9. The third-order valence-electron chi connectivity index (χ3n) is 5.98. The number of nitrogens with one attached hydrogen (secondary N) is 1. The van der Waals surface area contributed by atoms with E-state index < -0.39 is 12.1 Å². The second-order valence-corrected chi connectivity index (χ2v) is 9.08. The van der Waals surface area contributed by atoms with Crippen molar-refractivity contribution in [1.29, 1.82) is 0 Å². The summed E-state index contributed by atoms with van der Waals surface area (Å²) in [5.41, 5.74) is 5.04. The second kappa shape index (κ2) is 12.8. The number of nitrogens with zero attached hydrogens (tertiary/aromatic N) is 2. The third-order valence-corrected chi connectivity index (χ3v) is 5.98. The standard InChI is InChI=1S/C29H25N3O2.C2HF3O2/c1-21-16-24(13-14-28(21)34-25-10-7-15-30-18-25)31-29(33)17-23-20-32(19-22-8-3-2-4-9-22)27-12-6-5-11-26(23)27;3-2(4,5)1(6)7/h2-16,18,20H,17,19H2,1H3,(H,31,33);(H,6,7). The molecule has 0 atom stereocenters. The molecule has 210 valence electrons. The SMILES string of the molecule is Cc1cc(NC(=O)Cc2cn(Cc3ccccc3)c3ccccc23)ccc1Oc1cccnc1.O=C(O)C(F)(F)F. The fourth-order valence-corrected chi connectivity index (χ4v) is 4.13. The zero-order chi connectivity index (χ0) is 29.4. The van der Waals surface area contributed by atoms with Crippen LogP contribution < -0.4 is 10.1 Å². The van der Waals surface area contributed by atoms with Gasteiger partial charge < -0.3 is 19.7 Å². The van der Waals surface area contributed by atoms with Crippen molar-refractivity contribution in [3.05, 3.63) is 120 Å². The van der Waals surface area contributed by atoms with Crippen LogP contribution in [0.1, 0.15) is 16.7 Å². The average Bonchev–Trinajstić information content (AvgIpc) is 3.28. The number of aliphatic carboxylic acids is 1. The first-order valence-electron chi connectivity index (χ1n) is 12.5. The molecule has 10 heteroatoms. The van der Waals surface area contributed by atoms with Crippen molar-refractivity contribution in [3.8, 4) is 11.5 Å². The number of carboxylic acids is 1. The molecule has 1 amide bonds. The van der Waals surface area contributed by atoms with Crippen molar-refractivity contribution in [3.63, 3.8) is 0 Å². The highest BCUT2D eigenvalue weighted by atomic mass is 19.4. The van der Waals surface area contributed by atoms with E-state index in [4.69, 9.17) is 14.6 Å². The largest absolute Gasteiger partial charge is 0.490 e. The van der Waals surface area contributed by atoms with Gasteiger partial charge in [0.1, 0.15) is 11.5 Å². The van der Waals surface area contributed by atoms with Gasteiger partial charge in [-0.25, -0.2) is 4.79 Å². The Hall–Kier alpha value is -5.12. The first kappa shape index (κ1) is 28.9. The van der Waals surface area contributed by atoms with Gasteiger partial charge in [0.2, 0.25) is 5.91 Å². The number of hydrogen-bond acceptors (Lipinski definition) is 4. The fraction of sp³-hybridized carbons (Fsp3) is 0.129. The molecule has 0 aliphatic rings. The van der Waals surface area contributed by atoms with Crippen LogP contribution in [0.3, 0.4) is 0 Å². The summed E-state index contributed by atoms with van der Waals surface area (Å²) < 4.78 is 39.8. The van der Waals surface area contributed by atoms with Gasteiger partial charge in [-0.05, 0) is 60.0 Å². The normalized spacial score (nSPS) is 10.9. The Kier molecular flexibility index (Phi) is 9.03. The number of anilines is 1. The number of ether oxygens (including phenoxy) is 1. The Labute approximate surface area is 233 Å². The predicted octanol–water partition coefficient (Wildman–Crippen LogP) is 7.00. The lowest BCUT2D eigenvalue weighted by atomic mass is 10.1. The van der Waals surface area contributed by atoms with Crippen molar-refractivity contribution >= 4 is 28.5 Å². The van der Waals surface area contributed by atoms with Gasteiger partial charge in [0, 0.05) is 35.5 Å². The number of alkyl halides is 3. The Morgan fingerprint density at radius 1 is 0.976 bits per heavy atom. The number of benzene rings is 3. The summed E-state index contributed by atoms with van der Waals surface area (Å²) in [5.74, 6) is -1.40. The molecule has 0 saturated carbocycles. The Morgan fingerprint density at radius 3 is 2.34 bits per heavy atom. The third kappa shape index (κ3) is 7.95. The van der Waals surface area contributed by atoms with Gasteiger partial charge in [0.05, 0.1) is 12.6 Å².